The number of nitrogens with one attached hydrogen (secondary N) is 1. The molecule has 3 rings (SSSR count). The van der Waals surface area contributed by atoms with Crippen LogP contribution in [-0.4, -0.2) is 32.3 Å². The predicted octanol–water partition coefficient (Wildman–Crippen LogP) is 3.25. The number of aliphatic hydroxyl groups is 1. The van der Waals surface area contributed by atoms with Crippen molar-refractivity contribution in [3.05, 3.63) is 57.6 Å². The highest BCUT2D eigenvalue weighted by atomic mass is 35.5. The summed E-state index contributed by atoms with van der Waals surface area (Å²) in [7, 11) is 0. The first-order valence-electron chi connectivity index (χ1n) is 7.86. The van der Waals surface area contributed by atoms with Crippen LogP contribution in [0.2, 0.25) is 5.02 Å². The molecule has 2 heterocycles. The molecule has 6 nitrogen and oxygen atoms in total. The molecule has 0 saturated carbocycles. The lowest BCUT2D eigenvalue weighted by Crippen LogP contribution is -2.26. The number of halogens is 4. The van der Waals surface area contributed by atoms with Crippen molar-refractivity contribution in [3.8, 4) is 5.69 Å². The highest BCUT2D eigenvalue weighted by Gasteiger charge is 2.33. The van der Waals surface area contributed by atoms with Gasteiger partial charge in [-0.1, -0.05) is 23.7 Å². The number of para-hydroxylation sites is 1. The molecule has 0 fully saturated rings. The Morgan fingerprint density at radius 2 is 1.93 bits per heavy atom. The van der Waals surface area contributed by atoms with E-state index < -0.39 is 23.7 Å². The molecule has 1 aromatic carbocycles. The molecule has 0 aliphatic carbocycles. The molecule has 27 heavy (non-hydrogen) atoms. The lowest BCUT2D eigenvalue weighted by Gasteiger charge is -2.16. The van der Waals surface area contributed by atoms with Crippen LogP contribution in [0, 0.1) is 0 Å². The number of benzene rings is 1. The van der Waals surface area contributed by atoms with Gasteiger partial charge in [0.2, 0.25) is 0 Å². The number of hydrogen-bond donors (Lipinski definition) is 2. The SMILES string of the molecule is C[C@H](O)CNc1nc(=O)n(-c2ccccc2Cl)c2nc(C(F)(F)F)ccc12. The molecule has 0 bridgehead atoms. The molecule has 0 unspecified atom stereocenters. The number of anilines is 1. The van der Waals surface area contributed by atoms with Crippen molar-refractivity contribution in [1.82, 2.24) is 14.5 Å². The van der Waals surface area contributed by atoms with Crippen molar-refractivity contribution >= 4 is 28.5 Å². The molecular weight excluding hydrogens is 385 g/mol. The summed E-state index contributed by atoms with van der Waals surface area (Å²) in [4.78, 5) is 20.1. The quantitative estimate of drug-likeness (QED) is 0.705. The summed E-state index contributed by atoms with van der Waals surface area (Å²) in [5.41, 5.74) is -2.08. The lowest BCUT2D eigenvalue weighted by molar-refractivity contribution is -0.141. The summed E-state index contributed by atoms with van der Waals surface area (Å²) in [6.07, 6.45) is -5.44. The largest absolute Gasteiger partial charge is 0.433 e. The Kier molecular flexibility index (Phi) is 5.07. The van der Waals surface area contributed by atoms with Crippen molar-refractivity contribution < 1.29 is 18.3 Å². The van der Waals surface area contributed by atoms with Crippen molar-refractivity contribution in [2.75, 3.05) is 11.9 Å². The maximum atomic E-state index is 13.1. The zero-order valence-corrected chi connectivity index (χ0v) is 14.7. The van der Waals surface area contributed by atoms with Gasteiger partial charge in [0.05, 0.1) is 22.2 Å². The van der Waals surface area contributed by atoms with E-state index >= 15 is 0 Å². The summed E-state index contributed by atoms with van der Waals surface area (Å²) in [5, 5.41) is 12.5. The Labute approximate surface area is 156 Å². The van der Waals surface area contributed by atoms with E-state index in [1.54, 1.807) is 12.1 Å². The minimum atomic E-state index is -4.69. The van der Waals surface area contributed by atoms with Crippen LogP contribution in [0.1, 0.15) is 12.6 Å². The Hall–Kier alpha value is -2.65. The van der Waals surface area contributed by atoms with Gasteiger partial charge in [0.15, 0.2) is 5.65 Å². The second-order valence-corrected chi connectivity index (χ2v) is 6.23. The molecule has 0 aliphatic rings. The van der Waals surface area contributed by atoms with Gasteiger partial charge < -0.3 is 10.4 Å². The van der Waals surface area contributed by atoms with Crippen molar-refractivity contribution in [2.24, 2.45) is 0 Å². The van der Waals surface area contributed by atoms with Crippen LogP contribution in [0.5, 0.6) is 0 Å². The highest BCUT2D eigenvalue weighted by Crippen LogP contribution is 2.31. The van der Waals surface area contributed by atoms with Crippen LogP contribution in [0.25, 0.3) is 16.7 Å². The number of fused-ring (bicyclic) bond motifs is 1. The third-order valence-electron chi connectivity index (χ3n) is 3.69. The smallest absolute Gasteiger partial charge is 0.392 e. The molecule has 142 valence electrons. The first kappa shape index (κ1) is 19.1. The lowest BCUT2D eigenvalue weighted by atomic mass is 10.2. The Balaban J connectivity index is 2.34. The standard InChI is InChI=1S/C17H14ClF3N4O2/c1-9(26)8-22-14-10-6-7-13(17(19,20)21)23-15(10)25(16(27)24-14)12-5-3-2-4-11(12)18/h2-7,9,26H,8H2,1H3,(H,22,24,27)/t9-/m0/s1. The van der Waals surface area contributed by atoms with Gasteiger partial charge in [-0.25, -0.2) is 14.3 Å². The molecule has 0 saturated heterocycles. The summed E-state index contributed by atoms with van der Waals surface area (Å²) in [6.45, 7) is 1.57. The predicted molar refractivity (Wildman–Crippen MR) is 95.3 cm³/mol. The monoisotopic (exact) mass is 398 g/mol. The van der Waals surface area contributed by atoms with Crippen molar-refractivity contribution in [2.45, 2.75) is 19.2 Å². The van der Waals surface area contributed by atoms with Gasteiger partial charge in [0.25, 0.3) is 0 Å². The number of rotatable bonds is 4. The van der Waals surface area contributed by atoms with Crippen LogP contribution < -0.4 is 11.0 Å². The minimum absolute atomic E-state index is 0.0282. The first-order valence-corrected chi connectivity index (χ1v) is 8.24. The number of nitrogens with zero attached hydrogens (tertiary/aromatic N) is 3. The van der Waals surface area contributed by atoms with Crippen LogP contribution in [0.4, 0.5) is 19.0 Å². The molecule has 10 heteroatoms. The molecular formula is C17H14ClF3N4O2. The molecule has 3 aromatic rings. The van der Waals surface area contributed by atoms with Gasteiger partial charge in [-0.15, -0.1) is 0 Å². The van der Waals surface area contributed by atoms with Gasteiger partial charge in [-0.2, -0.15) is 18.2 Å². The molecule has 2 N–H and O–H groups in total. The van der Waals surface area contributed by atoms with E-state index in [0.29, 0.717) is 0 Å². The van der Waals surface area contributed by atoms with Crippen LogP contribution in [0.15, 0.2) is 41.2 Å². The summed E-state index contributed by atoms with van der Waals surface area (Å²) < 4.78 is 40.4. The maximum absolute atomic E-state index is 13.1. The number of pyridine rings is 1. The van der Waals surface area contributed by atoms with E-state index in [0.717, 1.165) is 10.6 Å². The number of aromatic nitrogens is 3. The fourth-order valence-electron chi connectivity index (χ4n) is 2.49. The summed E-state index contributed by atoms with van der Waals surface area (Å²) in [5.74, 6) is 0.0282. The summed E-state index contributed by atoms with van der Waals surface area (Å²) in [6, 6.07) is 8.18. The average molecular weight is 399 g/mol. The average Bonchev–Trinajstić information content (AvgIpc) is 2.59. The molecule has 0 amide bonds. The van der Waals surface area contributed by atoms with Gasteiger partial charge in [-0.3, -0.25) is 0 Å². The van der Waals surface area contributed by atoms with Crippen LogP contribution in [0.3, 0.4) is 0 Å². The van der Waals surface area contributed by atoms with E-state index in [1.165, 1.54) is 25.1 Å². The molecule has 2 aromatic heterocycles. The maximum Gasteiger partial charge on any atom is 0.433 e. The highest BCUT2D eigenvalue weighted by molar-refractivity contribution is 6.32. The molecule has 1 atom stereocenters. The van der Waals surface area contributed by atoms with Gasteiger partial charge >= 0.3 is 11.9 Å². The minimum Gasteiger partial charge on any atom is -0.392 e. The Morgan fingerprint density at radius 3 is 2.56 bits per heavy atom. The second-order valence-electron chi connectivity index (χ2n) is 5.83. The molecule has 0 spiro atoms. The van der Waals surface area contributed by atoms with Gasteiger partial charge in [-0.05, 0) is 31.2 Å². The fourth-order valence-corrected chi connectivity index (χ4v) is 2.71. The third kappa shape index (κ3) is 3.88. The Morgan fingerprint density at radius 1 is 1.22 bits per heavy atom. The number of alkyl halides is 3. The Bertz CT molecular complexity index is 1050. The number of hydrogen-bond acceptors (Lipinski definition) is 5. The van der Waals surface area contributed by atoms with Gasteiger partial charge in [0.1, 0.15) is 11.5 Å². The normalized spacial score (nSPS) is 13.0. The zero-order chi connectivity index (χ0) is 19.8. The van der Waals surface area contributed by atoms with Crippen LogP contribution >= 0.6 is 11.6 Å². The van der Waals surface area contributed by atoms with Gasteiger partial charge in [0, 0.05) is 6.54 Å². The van der Waals surface area contributed by atoms with E-state index in [9.17, 15) is 23.1 Å². The molecule has 0 aliphatic heterocycles. The second kappa shape index (κ2) is 7.16. The topological polar surface area (TPSA) is 80.0 Å². The first-order chi connectivity index (χ1) is 12.7. The number of aliphatic hydroxyl groups excluding tert-OH is 1. The van der Waals surface area contributed by atoms with Crippen molar-refractivity contribution in [1.29, 1.82) is 0 Å². The van der Waals surface area contributed by atoms with E-state index in [4.69, 9.17) is 11.6 Å². The third-order valence-corrected chi connectivity index (χ3v) is 4.01. The molecule has 0 radical (unpaired) electrons. The van der Waals surface area contributed by atoms with E-state index in [-0.39, 0.29) is 34.1 Å². The van der Waals surface area contributed by atoms with E-state index in [2.05, 4.69) is 15.3 Å². The fraction of sp³-hybridized carbons (Fsp3) is 0.235. The zero-order valence-electron chi connectivity index (χ0n) is 14.0. The van der Waals surface area contributed by atoms with Crippen LogP contribution in [-0.2, 0) is 6.18 Å². The van der Waals surface area contributed by atoms with Crippen molar-refractivity contribution in [3.63, 3.8) is 0 Å². The summed E-state index contributed by atoms with van der Waals surface area (Å²) >= 11 is 6.12. The van der Waals surface area contributed by atoms with E-state index in [1.807, 2.05) is 0 Å².